The van der Waals surface area contributed by atoms with Gasteiger partial charge in [0.1, 0.15) is 0 Å². The number of carboxylic acid groups (broad SMARTS) is 2. The zero-order chi connectivity index (χ0) is 6.57. The van der Waals surface area contributed by atoms with Crippen LogP contribution >= 0.6 is 0 Å². The minimum absolute atomic E-state index is 0. The van der Waals surface area contributed by atoms with Crippen LogP contribution in [-0.4, -0.2) is 22.2 Å². The van der Waals surface area contributed by atoms with Crippen LogP contribution < -0.4 is 6.15 Å². The van der Waals surface area contributed by atoms with E-state index >= 15 is 0 Å². The zero-order valence-corrected chi connectivity index (χ0v) is 8.25. The van der Waals surface area contributed by atoms with E-state index in [-0.39, 0.29) is 25.6 Å². The molecular formula is C4H7NO4Zn. The fourth-order valence-electron chi connectivity index (χ4n) is 0.143. The average molecular weight is 198 g/mol. The molecule has 10 heavy (non-hydrogen) atoms. The normalized spacial score (nSPS) is 7.60. The van der Waals surface area contributed by atoms with E-state index in [0.717, 1.165) is 0 Å². The molecule has 0 heterocycles. The summed E-state index contributed by atoms with van der Waals surface area (Å²) in [6.07, 6.45) is 1.12. The van der Waals surface area contributed by atoms with Crippen molar-refractivity contribution in [3.05, 3.63) is 12.2 Å². The largest absolute Gasteiger partial charge is 0.478 e. The van der Waals surface area contributed by atoms with Gasteiger partial charge in [-0.2, -0.15) is 0 Å². The molecule has 0 saturated carbocycles. The molecule has 0 aliphatic rings. The Kier molecular flexibility index (Phi) is 13.3. The predicted octanol–water partition coefficient (Wildman–Crippen LogP) is -0.129. The van der Waals surface area contributed by atoms with Crippen molar-refractivity contribution in [3.8, 4) is 0 Å². The van der Waals surface area contributed by atoms with Crippen LogP contribution in [0.2, 0.25) is 0 Å². The first-order valence-electron chi connectivity index (χ1n) is 1.77. The van der Waals surface area contributed by atoms with Crippen molar-refractivity contribution < 1.29 is 39.3 Å². The molecule has 0 fully saturated rings. The average Bonchev–Trinajstić information content (AvgIpc) is 1.61. The van der Waals surface area contributed by atoms with Gasteiger partial charge in [-0.1, -0.05) is 0 Å². The van der Waals surface area contributed by atoms with Crippen molar-refractivity contribution in [2.45, 2.75) is 0 Å². The van der Waals surface area contributed by atoms with Crippen molar-refractivity contribution in [1.29, 1.82) is 0 Å². The van der Waals surface area contributed by atoms with Gasteiger partial charge < -0.3 is 16.4 Å². The molecule has 0 unspecified atom stereocenters. The van der Waals surface area contributed by atoms with Crippen LogP contribution in [0, 0.1) is 0 Å². The molecule has 0 amide bonds. The first-order chi connectivity index (χ1) is 3.63. The summed E-state index contributed by atoms with van der Waals surface area (Å²) in [7, 11) is 0. The third-order valence-electron chi connectivity index (χ3n) is 0.368. The molecular weight excluding hydrogens is 191 g/mol. The smallest absolute Gasteiger partial charge is 0.328 e. The van der Waals surface area contributed by atoms with Gasteiger partial charge in [-0.25, -0.2) is 9.59 Å². The molecule has 54 valence electrons. The topological polar surface area (TPSA) is 110 Å². The fourth-order valence-corrected chi connectivity index (χ4v) is 0.143. The van der Waals surface area contributed by atoms with Gasteiger partial charge >= 0.3 is 11.9 Å². The van der Waals surface area contributed by atoms with Crippen LogP contribution in [0.4, 0.5) is 0 Å². The van der Waals surface area contributed by atoms with Gasteiger partial charge in [-0.3, -0.25) is 0 Å². The standard InChI is InChI=1S/C4H4O4.H3N.Zn/c5-3(6)1-2-4(7)8;;/h1-2H,(H,5,6)(H,7,8);1H3;/b2-1-;;. The van der Waals surface area contributed by atoms with Gasteiger partial charge in [-0.05, 0) is 0 Å². The number of rotatable bonds is 2. The van der Waals surface area contributed by atoms with Gasteiger partial charge in [0.15, 0.2) is 0 Å². The quantitative estimate of drug-likeness (QED) is 0.423. The van der Waals surface area contributed by atoms with Gasteiger partial charge in [0.2, 0.25) is 0 Å². The molecule has 0 aliphatic carbocycles. The molecule has 0 rings (SSSR count). The zero-order valence-electron chi connectivity index (χ0n) is 5.28. The summed E-state index contributed by atoms with van der Waals surface area (Å²) in [5.41, 5.74) is 0. The Labute approximate surface area is 70.1 Å². The first-order valence-corrected chi connectivity index (χ1v) is 1.77. The number of hydrogen-bond acceptors (Lipinski definition) is 3. The Morgan fingerprint density at radius 1 is 1.00 bits per heavy atom. The second-order valence-electron chi connectivity index (χ2n) is 1.01. The molecule has 0 aromatic rings. The van der Waals surface area contributed by atoms with Crippen molar-refractivity contribution in [2.75, 3.05) is 0 Å². The Morgan fingerprint density at radius 2 is 1.20 bits per heavy atom. The maximum atomic E-state index is 9.55. The second-order valence-corrected chi connectivity index (χ2v) is 1.01. The van der Waals surface area contributed by atoms with Gasteiger partial charge in [-0.15, -0.1) is 0 Å². The molecule has 5 N–H and O–H groups in total. The van der Waals surface area contributed by atoms with Gasteiger partial charge in [0.05, 0.1) is 0 Å². The van der Waals surface area contributed by atoms with E-state index < -0.39 is 11.9 Å². The summed E-state index contributed by atoms with van der Waals surface area (Å²) in [6.45, 7) is 0. The minimum atomic E-state index is -1.26. The minimum Gasteiger partial charge on any atom is -0.478 e. The number of hydrogen-bond donors (Lipinski definition) is 3. The summed E-state index contributed by atoms with van der Waals surface area (Å²) < 4.78 is 0. The van der Waals surface area contributed by atoms with E-state index in [2.05, 4.69) is 0 Å². The first kappa shape index (κ1) is 16.1. The van der Waals surface area contributed by atoms with Crippen molar-refractivity contribution in [2.24, 2.45) is 0 Å². The van der Waals surface area contributed by atoms with Crippen LogP contribution in [0.5, 0.6) is 0 Å². The summed E-state index contributed by atoms with van der Waals surface area (Å²) in [6, 6.07) is 0. The van der Waals surface area contributed by atoms with Crippen LogP contribution in [0.15, 0.2) is 12.2 Å². The van der Waals surface area contributed by atoms with Crippen LogP contribution in [0.3, 0.4) is 0 Å². The molecule has 0 aromatic carbocycles. The maximum Gasteiger partial charge on any atom is 0.328 e. The molecule has 0 radical (unpaired) electrons. The predicted molar refractivity (Wildman–Crippen MR) is 29.4 cm³/mol. The molecule has 0 aliphatic heterocycles. The van der Waals surface area contributed by atoms with E-state index in [1.165, 1.54) is 0 Å². The number of carboxylic acids is 2. The number of aliphatic carboxylic acids is 2. The second kappa shape index (κ2) is 8.26. The molecule has 0 aromatic heterocycles. The molecule has 0 atom stereocenters. The van der Waals surface area contributed by atoms with E-state index in [1.54, 1.807) is 0 Å². The van der Waals surface area contributed by atoms with E-state index in [4.69, 9.17) is 10.2 Å². The SMILES string of the molecule is N.O=C(O)/C=C\C(=O)O.[Zn]. The van der Waals surface area contributed by atoms with Crippen molar-refractivity contribution in [1.82, 2.24) is 6.15 Å². The van der Waals surface area contributed by atoms with E-state index in [9.17, 15) is 9.59 Å². The molecule has 6 heteroatoms. The molecule has 0 bridgehead atoms. The molecule has 0 saturated heterocycles. The summed E-state index contributed by atoms with van der Waals surface area (Å²) in [4.78, 5) is 19.1. The summed E-state index contributed by atoms with van der Waals surface area (Å²) in [5, 5.41) is 15.6. The van der Waals surface area contributed by atoms with E-state index in [0.29, 0.717) is 12.2 Å². The van der Waals surface area contributed by atoms with Crippen LogP contribution in [0.25, 0.3) is 0 Å². The Hall–Kier alpha value is -0.737. The maximum absolute atomic E-state index is 9.55. The molecule has 5 nitrogen and oxygen atoms in total. The third-order valence-corrected chi connectivity index (χ3v) is 0.368. The Balaban J connectivity index is -0.000000245. The summed E-state index contributed by atoms with van der Waals surface area (Å²) >= 11 is 0. The van der Waals surface area contributed by atoms with E-state index in [1.807, 2.05) is 0 Å². The summed E-state index contributed by atoms with van der Waals surface area (Å²) in [5.74, 6) is -2.51. The van der Waals surface area contributed by atoms with Gasteiger partial charge in [0.25, 0.3) is 0 Å². The fraction of sp³-hybridized carbons (Fsp3) is 0. The monoisotopic (exact) mass is 197 g/mol. The van der Waals surface area contributed by atoms with Crippen molar-refractivity contribution in [3.63, 3.8) is 0 Å². The molecule has 0 spiro atoms. The number of carbonyl (C=O) groups is 2. The van der Waals surface area contributed by atoms with Gasteiger partial charge in [0, 0.05) is 31.6 Å². The Morgan fingerprint density at radius 3 is 1.30 bits per heavy atom. The Bertz CT molecular complexity index is 128. The third kappa shape index (κ3) is 15.7. The van der Waals surface area contributed by atoms with Crippen LogP contribution in [-0.2, 0) is 29.1 Å². The van der Waals surface area contributed by atoms with Crippen molar-refractivity contribution >= 4 is 11.9 Å². The van der Waals surface area contributed by atoms with Crippen LogP contribution in [0.1, 0.15) is 0 Å².